The number of quaternary nitrogens is 1. The second kappa shape index (κ2) is 7.36. The molecular formula is C17H20F2N3OS+. The molecule has 2 N–H and O–H groups in total. The molecule has 2 atom stereocenters. The molecule has 1 aromatic carbocycles. The number of nitrogens with zero attached hydrogens (tertiary/aromatic N) is 1. The molecule has 128 valence electrons. The van der Waals surface area contributed by atoms with Crippen molar-refractivity contribution in [3.05, 3.63) is 35.2 Å². The van der Waals surface area contributed by atoms with Gasteiger partial charge in [0.25, 0.3) is 5.91 Å². The molecule has 24 heavy (non-hydrogen) atoms. The smallest absolute Gasteiger partial charge is 0.281 e. The van der Waals surface area contributed by atoms with Gasteiger partial charge >= 0.3 is 0 Å². The van der Waals surface area contributed by atoms with Gasteiger partial charge in [0.05, 0.1) is 18.8 Å². The summed E-state index contributed by atoms with van der Waals surface area (Å²) in [5.74, 6) is -1.21. The van der Waals surface area contributed by atoms with Gasteiger partial charge in [-0.05, 0) is 31.0 Å². The van der Waals surface area contributed by atoms with E-state index >= 15 is 0 Å². The maximum Gasteiger partial charge on any atom is 0.281 e. The topological polar surface area (TPSA) is 46.4 Å². The van der Waals surface area contributed by atoms with Crippen molar-refractivity contribution in [3.63, 3.8) is 0 Å². The van der Waals surface area contributed by atoms with Gasteiger partial charge in [-0.15, -0.1) is 11.3 Å². The van der Waals surface area contributed by atoms with Crippen molar-refractivity contribution < 1.29 is 18.5 Å². The van der Waals surface area contributed by atoms with Crippen molar-refractivity contribution in [3.8, 4) is 11.3 Å². The molecule has 0 aliphatic carbocycles. The molecule has 1 amide bonds. The monoisotopic (exact) mass is 352 g/mol. The van der Waals surface area contributed by atoms with E-state index in [4.69, 9.17) is 0 Å². The van der Waals surface area contributed by atoms with Crippen LogP contribution < -0.4 is 10.2 Å². The van der Waals surface area contributed by atoms with Crippen LogP contribution in [-0.2, 0) is 4.79 Å². The van der Waals surface area contributed by atoms with E-state index in [0.717, 1.165) is 31.6 Å². The first kappa shape index (κ1) is 17.0. The van der Waals surface area contributed by atoms with E-state index in [-0.39, 0.29) is 5.91 Å². The highest BCUT2D eigenvalue weighted by molar-refractivity contribution is 7.14. The molecule has 3 rings (SSSR count). The molecule has 2 aromatic rings. The van der Waals surface area contributed by atoms with Crippen molar-refractivity contribution in [1.29, 1.82) is 0 Å². The number of benzene rings is 1. The van der Waals surface area contributed by atoms with Crippen LogP contribution in [0.4, 0.5) is 13.9 Å². The van der Waals surface area contributed by atoms with E-state index in [9.17, 15) is 13.6 Å². The number of aromatic nitrogens is 1. The normalized spacial score (nSPS) is 20.8. The van der Waals surface area contributed by atoms with Gasteiger partial charge in [-0.2, -0.15) is 0 Å². The Bertz CT molecular complexity index is 734. The number of rotatable bonds is 4. The summed E-state index contributed by atoms with van der Waals surface area (Å²) in [6.45, 7) is 4.69. The molecule has 1 aliphatic rings. The summed E-state index contributed by atoms with van der Waals surface area (Å²) >= 11 is 1.28. The molecule has 7 heteroatoms. The van der Waals surface area contributed by atoms with Crippen LogP contribution >= 0.6 is 11.3 Å². The molecule has 0 bridgehead atoms. The van der Waals surface area contributed by atoms with Gasteiger partial charge in [0.1, 0.15) is 0 Å². The van der Waals surface area contributed by atoms with E-state index in [1.165, 1.54) is 28.7 Å². The first-order valence-electron chi connectivity index (χ1n) is 8.05. The van der Waals surface area contributed by atoms with Gasteiger partial charge in [-0.25, -0.2) is 13.8 Å². The molecule has 2 heterocycles. The first-order chi connectivity index (χ1) is 11.5. The summed E-state index contributed by atoms with van der Waals surface area (Å²) < 4.78 is 26.3. The lowest BCUT2D eigenvalue weighted by Crippen LogP contribution is -3.14. The van der Waals surface area contributed by atoms with Crippen LogP contribution in [0.15, 0.2) is 23.6 Å². The average Bonchev–Trinajstić information content (AvgIpc) is 2.98. The van der Waals surface area contributed by atoms with Crippen LogP contribution in [0.1, 0.15) is 19.8 Å². The van der Waals surface area contributed by atoms with Crippen LogP contribution in [0.25, 0.3) is 11.3 Å². The van der Waals surface area contributed by atoms with Crippen LogP contribution in [0.5, 0.6) is 0 Å². The fourth-order valence-electron chi connectivity index (χ4n) is 3.07. The highest BCUT2D eigenvalue weighted by Gasteiger charge is 2.22. The maximum atomic E-state index is 13.3. The quantitative estimate of drug-likeness (QED) is 0.887. The Morgan fingerprint density at radius 3 is 3.00 bits per heavy atom. The maximum absolute atomic E-state index is 13.3. The lowest BCUT2D eigenvalue weighted by molar-refractivity contribution is -0.900. The Kier molecular flexibility index (Phi) is 5.20. The largest absolute Gasteiger partial charge is 0.327 e. The number of thiazole rings is 1. The highest BCUT2D eigenvalue weighted by Crippen LogP contribution is 2.26. The highest BCUT2D eigenvalue weighted by atomic mass is 32.1. The second-order valence-corrected chi connectivity index (χ2v) is 7.20. The Morgan fingerprint density at radius 2 is 2.25 bits per heavy atom. The third-order valence-corrected chi connectivity index (χ3v) is 5.00. The zero-order valence-corrected chi connectivity index (χ0v) is 14.3. The fraction of sp³-hybridized carbons (Fsp3) is 0.412. The van der Waals surface area contributed by atoms with Crippen molar-refractivity contribution in [2.24, 2.45) is 5.92 Å². The van der Waals surface area contributed by atoms with Crippen LogP contribution in [-0.4, -0.2) is 30.5 Å². The van der Waals surface area contributed by atoms with E-state index in [0.29, 0.717) is 28.9 Å². The molecule has 1 fully saturated rings. The summed E-state index contributed by atoms with van der Waals surface area (Å²) in [6.07, 6.45) is 2.39. The second-order valence-electron chi connectivity index (χ2n) is 6.34. The fourth-order valence-corrected chi connectivity index (χ4v) is 3.80. The Balaban J connectivity index is 1.61. The molecule has 1 aliphatic heterocycles. The minimum atomic E-state index is -0.908. The third-order valence-electron chi connectivity index (χ3n) is 4.24. The Labute approximate surface area is 143 Å². The lowest BCUT2D eigenvalue weighted by Gasteiger charge is -2.27. The summed E-state index contributed by atoms with van der Waals surface area (Å²) in [7, 11) is 0. The summed E-state index contributed by atoms with van der Waals surface area (Å²) in [4.78, 5) is 17.7. The minimum Gasteiger partial charge on any atom is -0.327 e. The standard InChI is InChI=1S/C17H19F2N3OS/c1-11-3-2-6-22(8-11)9-16(23)21-17-20-15(10-24-17)12-4-5-13(18)14(19)7-12/h4-5,7,10-11H,2-3,6,8-9H2,1H3,(H,20,21,23)/p+1/t11-/m0/s1. The zero-order valence-electron chi connectivity index (χ0n) is 13.4. The number of piperidine rings is 1. The van der Waals surface area contributed by atoms with Gasteiger partial charge < -0.3 is 4.90 Å². The Morgan fingerprint density at radius 1 is 1.42 bits per heavy atom. The number of nitrogens with one attached hydrogen (secondary N) is 2. The average molecular weight is 352 g/mol. The van der Waals surface area contributed by atoms with Crippen molar-refractivity contribution in [2.75, 3.05) is 25.0 Å². The lowest BCUT2D eigenvalue weighted by atomic mass is 10.0. The number of likely N-dealkylation sites (tertiary alicyclic amines) is 1. The SMILES string of the molecule is C[C@H]1CCC[NH+](CC(=O)Nc2nc(-c3ccc(F)c(F)c3)cs2)C1. The van der Waals surface area contributed by atoms with E-state index in [1.54, 1.807) is 5.38 Å². The van der Waals surface area contributed by atoms with E-state index < -0.39 is 11.6 Å². The summed E-state index contributed by atoms with van der Waals surface area (Å²) in [6, 6.07) is 3.65. The molecule has 4 nitrogen and oxygen atoms in total. The Hall–Kier alpha value is -1.86. The van der Waals surface area contributed by atoms with Crippen LogP contribution in [0.2, 0.25) is 0 Å². The van der Waals surface area contributed by atoms with Crippen molar-refractivity contribution in [2.45, 2.75) is 19.8 Å². The van der Waals surface area contributed by atoms with Gasteiger partial charge in [-0.1, -0.05) is 6.92 Å². The zero-order chi connectivity index (χ0) is 17.1. The van der Waals surface area contributed by atoms with E-state index in [2.05, 4.69) is 17.2 Å². The molecule has 1 aromatic heterocycles. The van der Waals surface area contributed by atoms with Crippen molar-refractivity contribution >= 4 is 22.4 Å². The predicted octanol–water partition coefficient (Wildman–Crippen LogP) is 2.34. The number of anilines is 1. The summed E-state index contributed by atoms with van der Waals surface area (Å²) in [5, 5.41) is 5.00. The van der Waals surface area contributed by atoms with Gasteiger partial charge in [0.2, 0.25) is 0 Å². The number of carbonyl (C=O) groups excluding carboxylic acids is 1. The third kappa shape index (κ3) is 4.15. The molecule has 1 saturated heterocycles. The minimum absolute atomic E-state index is 0.0645. The number of carbonyl (C=O) groups is 1. The first-order valence-corrected chi connectivity index (χ1v) is 8.93. The predicted molar refractivity (Wildman–Crippen MR) is 90.1 cm³/mol. The number of amides is 1. The molecule has 1 unspecified atom stereocenters. The number of hydrogen-bond donors (Lipinski definition) is 2. The van der Waals surface area contributed by atoms with E-state index in [1.807, 2.05) is 0 Å². The van der Waals surface area contributed by atoms with Crippen LogP contribution in [0, 0.1) is 17.6 Å². The molecule has 0 spiro atoms. The van der Waals surface area contributed by atoms with Gasteiger partial charge in [0.15, 0.2) is 23.3 Å². The van der Waals surface area contributed by atoms with Crippen LogP contribution in [0.3, 0.4) is 0 Å². The van der Waals surface area contributed by atoms with Gasteiger partial charge in [0, 0.05) is 16.9 Å². The van der Waals surface area contributed by atoms with Crippen molar-refractivity contribution in [1.82, 2.24) is 4.98 Å². The number of hydrogen-bond acceptors (Lipinski definition) is 3. The molecular weight excluding hydrogens is 332 g/mol. The molecule has 0 saturated carbocycles. The number of halogens is 2. The summed E-state index contributed by atoms with van der Waals surface area (Å²) in [5.41, 5.74) is 1.01. The van der Waals surface area contributed by atoms with Gasteiger partial charge in [-0.3, -0.25) is 10.1 Å². The molecule has 0 radical (unpaired) electrons.